The van der Waals surface area contributed by atoms with Gasteiger partial charge in [-0.1, -0.05) is 12.1 Å². The number of likely N-dealkylation sites (N-methyl/N-ethyl adjacent to an activating group) is 1. The van der Waals surface area contributed by atoms with Crippen LogP contribution in [0, 0.1) is 10.1 Å². The van der Waals surface area contributed by atoms with Crippen molar-refractivity contribution in [1.29, 1.82) is 0 Å². The highest BCUT2D eigenvalue weighted by molar-refractivity contribution is 6.03. The van der Waals surface area contributed by atoms with E-state index < -0.39 is 28.3 Å². The number of nitro benzene ring substituents is 1. The van der Waals surface area contributed by atoms with Crippen LogP contribution >= 0.6 is 0 Å². The minimum absolute atomic E-state index is 0.000948. The Morgan fingerprint density at radius 3 is 2.36 bits per heavy atom. The fourth-order valence-electron chi connectivity index (χ4n) is 4.49. The van der Waals surface area contributed by atoms with Crippen molar-refractivity contribution in [1.82, 2.24) is 4.90 Å². The van der Waals surface area contributed by atoms with Crippen molar-refractivity contribution in [2.45, 2.75) is 32.2 Å². The van der Waals surface area contributed by atoms with Crippen LogP contribution in [0.3, 0.4) is 0 Å². The lowest BCUT2D eigenvalue weighted by atomic mass is 9.87. The molecule has 0 aromatic heterocycles. The summed E-state index contributed by atoms with van der Waals surface area (Å²) in [5, 5.41) is 11.5. The molecular formula is C25H28N2O9. The normalized spacial score (nSPS) is 17.4. The van der Waals surface area contributed by atoms with Gasteiger partial charge in [-0.05, 0) is 33.0 Å². The van der Waals surface area contributed by atoms with E-state index in [0.29, 0.717) is 24.3 Å². The van der Waals surface area contributed by atoms with Gasteiger partial charge in [0.25, 0.3) is 5.69 Å². The van der Waals surface area contributed by atoms with Gasteiger partial charge >= 0.3 is 11.9 Å². The van der Waals surface area contributed by atoms with Crippen molar-refractivity contribution in [2.75, 3.05) is 34.4 Å². The van der Waals surface area contributed by atoms with Crippen molar-refractivity contribution in [2.24, 2.45) is 0 Å². The number of likely N-dealkylation sites (tertiary alicyclic amines) is 1. The van der Waals surface area contributed by atoms with E-state index in [9.17, 15) is 24.5 Å². The van der Waals surface area contributed by atoms with Crippen LogP contribution in [0.1, 0.15) is 52.5 Å². The van der Waals surface area contributed by atoms with Crippen LogP contribution in [-0.4, -0.2) is 68.0 Å². The predicted molar refractivity (Wildman–Crippen MR) is 128 cm³/mol. The number of esters is 2. The highest BCUT2D eigenvalue weighted by atomic mass is 16.6. The fraction of sp³-hybridized carbons (Fsp3) is 0.400. The van der Waals surface area contributed by atoms with Crippen LogP contribution in [0.25, 0.3) is 0 Å². The van der Waals surface area contributed by atoms with Crippen LogP contribution in [0.15, 0.2) is 30.3 Å². The third-order valence-electron chi connectivity index (χ3n) is 6.20. The smallest absolute Gasteiger partial charge is 0.350 e. The Labute approximate surface area is 208 Å². The van der Waals surface area contributed by atoms with Gasteiger partial charge in [0.1, 0.15) is 29.2 Å². The molecule has 0 N–H and O–H groups in total. The van der Waals surface area contributed by atoms with Crippen LogP contribution in [0.4, 0.5) is 5.69 Å². The summed E-state index contributed by atoms with van der Waals surface area (Å²) in [6, 6.07) is 6.61. The molecule has 36 heavy (non-hydrogen) atoms. The maximum absolute atomic E-state index is 13.2. The monoisotopic (exact) mass is 500 g/mol. The molecule has 0 spiro atoms. The van der Waals surface area contributed by atoms with E-state index in [4.69, 9.17) is 18.9 Å². The number of nitro groups is 1. The predicted octanol–water partition coefficient (Wildman–Crippen LogP) is 3.38. The zero-order valence-electron chi connectivity index (χ0n) is 20.7. The molecule has 2 atom stereocenters. The van der Waals surface area contributed by atoms with E-state index in [1.54, 1.807) is 0 Å². The molecule has 1 fully saturated rings. The zero-order chi connectivity index (χ0) is 26.6. The Balaban J connectivity index is 2.22. The van der Waals surface area contributed by atoms with Crippen molar-refractivity contribution in [3.05, 3.63) is 57.1 Å². The van der Waals surface area contributed by atoms with Crippen molar-refractivity contribution < 1.29 is 38.3 Å². The minimum atomic E-state index is -1.01. The van der Waals surface area contributed by atoms with Crippen molar-refractivity contribution in [3.8, 4) is 17.2 Å². The molecule has 1 saturated heterocycles. The molecular weight excluding hydrogens is 472 g/mol. The largest absolute Gasteiger partial charge is 0.496 e. The van der Waals surface area contributed by atoms with Gasteiger partial charge in [0.05, 0.1) is 25.2 Å². The number of rotatable bonds is 9. The number of methoxy groups -OCH3 is 2. The van der Waals surface area contributed by atoms with E-state index in [-0.39, 0.29) is 41.2 Å². The highest BCUT2D eigenvalue weighted by Gasteiger charge is 2.40. The summed E-state index contributed by atoms with van der Waals surface area (Å²) in [6.45, 7) is 3.32. The highest BCUT2D eigenvalue weighted by Crippen LogP contribution is 2.48. The fourth-order valence-corrected chi connectivity index (χ4v) is 4.49. The topological polar surface area (TPSA) is 135 Å². The number of para-hydroxylation sites is 1. The molecule has 0 saturated carbocycles. The van der Waals surface area contributed by atoms with Gasteiger partial charge in [-0.15, -0.1) is 0 Å². The first-order chi connectivity index (χ1) is 17.1. The van der Waals surface area contributed by atoms with Crippen molar-refractivity contribution >= 4 is 23.4 Å². The summed E-state index contributed by atoms with van der Waals surface area (Å²) >= 11 is 0. The number of carbonyl (C=O) groups excluding carboxylic acids is 3. The van der Waals surface area contributed by atoms with Crippen LogP contribution in [0.2, 0.25) is 0 Å². The number of benzene rings is 2. The number of ketones is 1. The number of nitrogens with zero attached hydrogens (tertiary/aromatic N) is 2. The van der Waals surface area contributed by atoms with Gasteiger partial charge in [-0.2, -0.15) is 0 Å². The average molecular weight is 501 g/mol. The van der Waals surface area contributed by atoms with Gasteiger partial charge < -0.3 is 18.9 Å². The Kier molecular flexibility index (Phi) is 8.25. The van der Waals surface area contributed by atoms with Crippen LogP contribution < -0.4 is 14.2 Å². The Hall–Kier alpha value is -3.99. The Bertz CT molecular complexity index is 1190. The molecule has 192 valence electrons. The second-order valence-corrected chi connectivity index (χ2v) is 8.36. The average Bonchev–Trinajstić information content (AvgIpc) is 3.20. The second-order valence-electron chi connectivity index (χ2n) is 8.36. The summed E-state index contributed by atoms with van der Waals surface area (Å²) in [7, 11) is 4.66. The molecule has 0 aliphatic carbocycles. The SMILES string of the molecule is COc1cc(OC)c(C2CCN(C)C2COC(C)=O)c(OC(=O)c2ccccc2[N+](=O)[O-])c1C(C)=O. The molecule has 0 amide bonds. The van der Waals surface area contributed by atoms with E-state index in [1.807, 2.05) is 11.9 Å². The number of hydrogen-bond donors (Lipinski definition) is 0. The third-order valence-corrected chi connectivity index (χ3v) is 6.20. The van der Waals surface area contributed by atoms with E-state index in [0.717, 1.165) is 0 Å². The number of Topliss-reactive ketones (excluding diaryl/α,β-unsaturated/α-hetero) is 1. The molecule has 3 rings (SSSR count). The maximum Gasteiger partial charge on any atom is 0.350 e. The molecule has 1 heterocycles. The van der Waals surface area contributed by atoms with E-state index in [1.165, 1.54) is 58.4 Å². The number of hydrogen-bond acceptors (Lipinski definition) is 10. The maximum atomic E-state index is 13.2. The molecule has 0 radical (unpaired) electrons. The molecule has 2 aromatic carbocycles. The van der Waals surface area contributed by atoms with Crippen molar-refractivity contribution in [3.63, 3.8) is 0 Å². The van der Waals surface area contributed by atoms with Gasteiger partial charge in [-0.25, -0.2) is 4.79 Å². The first-order valence-electron chi connectivity index (χ1n) is 11.2. The van der Waals surface area contributed by atoms with E-state index >= 15 is 0 Å². The molecule has 1 aliphatic rings. The van der Waals surface area contributed by atoms with Gasteiger partial charge in [-0.3, -0.25) is 24.6 Å². The van der Waals surface area contributed by atoms with Gasteiger partial charge in [0.15, 0.2) is 11.5 Å². The summed E-state index contributed by atoms with van der Waals surface area (Å²) in [6.07, 6.45) is 0.582. The molecule has 0 bridgehead atoms. The molecule has 11 heteroatoms. The lowest BCUT2D eigenvalue weighted by Crippen LogP contribution is -2.34. The Morgan fingerprint density at radius 1 is 1.11 bits per heavy atom. The first-order valence-corrected chi connectivity index (χ1v) is 11.2. The lowest BCUT2D eigenvalue weighted by molar-refractivity contribution is -0.385. The first kappa shape index (κ1) is 26.6. The van der Waals surface area contributed by atoms with Crippen LogP contribution in [0.5, 0.6) is 17.2 Å². The van der Waals surface area contributed by atoms with Gasteiger partial charge in [0.2, 0.25) is 0 Å². The Morgan fingerprint density at radius 2 is 1.78 bits per heavy atom. The number of ether oxygens (including phenoxy) is 4. The molecule has 2 aromatic rings. The van der Waals surface area contributed by atoms with Crippen LogP contribution in [-0.2, 0) is 9.53 Å². The molecule has 1 aliphatic heterocycles. The summed E-state index contributed by atoms with van der Waals surface area (Å²) in [4.78, 5) is 50.3. The molecule has 2 unspecified atom stereocenters. The van der Waals surface area contributed by atoms with Gasteiger partial charge in [0, 0.05) is 30.5 Å². The third kappa shape index (κ3) is 5.30. The summed E-state index contributed by atoms with van der Waals surface area (Å²) in [5.74, 6) is -1.93. The second kappa shape index (κ2) is 11.2. The minimum Gasteiger partial charge on any atom is -0.496 e. The summed E-state index contributed by atoms with van der Waals surface area (Å²) in [5.41, 5.74) is -0.292. The molecule has 11 nitrogen and oxygen atoms in total. The summed E-state index contributed by atoms with van der Waals surface area (Å²) < 4.78 is 22.1. The lowest BCUT2D eigenvalue weighted by Gasteiger charge is -2.28. The standard InChI is InChI=1S/C25H28N2O9/c1-14(28)22-20(33-4)12-21(34-5)23(16-10-11-26(3)19(16)13-35-15(2)29)24(22)36-25(30)17-8-6-7-9-18(17)27(31)32/h6-9,12,16,19H,10-11,13H2,1-5H3. The number of carbonyl (C=O) groups is 3. The quantitative estimate of drug-likeness (QED) is 0.166. The zero-order valence-corrected chi connectivity index (χ0v) is 20.7. The van der Waals surface area contributed by atoms with E-state index in [2.05, 4.69) is 0 Å².